The molecule has 230 valence electrons. The molecule has 8 rings (SSSR count). The van der Waals surface area contributed by atoms with E-state index in [0.717, 1.165) is 22.7 Å². The molecule has 0 unspecified atom stereocenters. The lowest BCUT2D eigenvalue weighted by atomic mass is 9.98. The van der Waals surface area contributed by atoms with Crippen LogP contribution in [0.15, 0.2) is 182 Å². The van der Waals surface area contributed by atoms with E-state index >= 15 is 0 Å². The molecule has 0 amide bonds. The highest BCUT2D eigenvalue weighted by Gasteiger charge is 2.18. The molecule has 0 spiro atoms. The van der Waals surface area contributed by atoms with Gasteiger partial charge in [0, 0.05) is 34.1 Å². The van der Waals surface area contributed by atoms with Gasteiger partial charge in [-0.2, -0.15) is 0 Å². The molecular weight excluding hydrogens is 581 g/mol. The van der Waals surface area contributed by atoms with Crippen LogP contribution in [0.25, 0.3) is 32.7 Å². The molecule has 8 aromatic rings. The van der Waals surface area contributed by atoms with Crippen LogP contribution in [0.1, 0.15) is 11.1 Å². The maximum atomic E-state index is 2.36. The molecular formula is C46H36N2. The van der Waals surface area contributed by atoms with E-state index in [1.165, 1.54) is 55.2 Å². The van der Waals surface area contributed by atoms with Crippen LogP contribution in [-0.4, -0.2) is 0 Å². The number of anilines is 6. The van der Waals surface area contributed by atoms with Gasteiger partial charge >= 0.3 is 0 Å². The van der Waals surface area contributed by atoms with Crippen molar-refractivity contribution in [3.63, 3.8) is 0 Å². The highest BCUT2D eigenvalue weighted by Crippen LogP contribution is 2.41. The van der Waals surface area contributed by atoms with Gasteiger partial charge in [-0.15, -0.1) is 0 Å². The van der Waals surface area contributed by atoms with E-state index in [1.807, 2.05) is 0 Å². The Kier molecular flexibility index (Phi) is 7.68. The Hall–Kier alpha value is -6.12. The van der Waals surface area contributed by atoms with Gasteiger partial charge in [-0.05, 0) is 130 Å². The highest BCUT2D eigenvalue weighted by molar-refractivity contribution is 5.91. The molecule has 48 heavy (non-hydrogen) atoms. The van der Waals surface area contributed by atoms with E-state index in [1.54, 1.807) is 0 Å². The molecule has 0 heterocycles. The third-order valence-electron chi connectivity index (χ3n) is 9.22. The van der Waals surface area contributed by atoms with Gasteiger partial charge in [0.05, 0.1) is 0 Å². The van der Waals surface area contributed by atoms with Crippen molar-refractivity contribution in [1.29, 1.82) is 0 Å². The Balaban J connectivity index is 1.18. The number of benzene rings is 8. The van der Waals surface area contributed by atoms with E-state index in [4.69, 9.17) is 0 Å². The normalized spacial score (nSPS) is 11.1. The minimum absolute atomic E-state index is 1.14. The van der Waals surface area contributed by atoms with Crippen LogP contribution in [0.4, 0.5) is 34.1 Å². The van der Waals surface area contributed by atoms with Crippen LogP contribution in [0.5, 0.6) is 0 Å². The molecule has 0 atom stereocenters. The number of nitrogens with zero attached hydrogens (tertiary/aromatic N) is 2. The summed E-state index contributed by atoms with van der Waals surface area (Å²) in [5, 5.41) is 4.95. The lowest BCUT2D eigenvalue weighted by Crippen LogP contribution is -2.11. The first-order valence-electron chi connectivity index (χ1n) is 16.5. The monoisotopic (exact) mass is 616 g/mol. The SMILES string of the molecule is Cc1cc(-c2ccc(N(c3ccccc3)c3ccc4ccccc4c3)c(C)c2)ccc1N(c1ccccc1)c1ccc2ccccc2c1. The third kappa shape index (κ3) is 5.59. The van der Waals surface area contributed by atoms with E-state index in [0.29, 0.717) is 0 Å². The van der Waals surface area contributed by atoms with Gasteiger partial charge in [-0.25, -0.2) is 0 Å². The molecule has 8 aromatic carbocycles. The zero-order valence-corrected chi connectivity index (χ0v) is 27.2. The Labute approximate surface area is 282 Å². The minimum atomic E-state index is 1.14. The van der Waals surface area contributed by atoms with Gasteiger partial charge in [0.15, 0.2) is 0 Å². The minimum Gasteiger partial charge on any atom is -0.310 e. The fourth-order valence-electron chi connectivity index (χ4n) is 6.81. The van der Waals surface area contributed by atoms with Crippen molar-refractivity contribution in [2.75, 3.05) is 9.80 Å². The maximum absolute atomic E-state index is 2.36. The predicted octanol–water partition coefficient (Wildman–Crippen LogP) is 13.2. The molecule has 0 saturated heterocycles. The Bertz CT molecular complexity index is 2210. The summed E-state index contributed by atoms with van der Waals surface area (Å²) in [6.07, 6.45) is 0. The molecule has 2 heteroatoms. The lowest BCUT2D eigenvalue weighted by molar-refractivity contribution is 1.25. The molecule has 0 aliphatic carbocycles. The molecule has 0 aliphatic heterocycles. The van der Waals surface area contributed by atoms with Crippen LogP contribution >= 0.6 is 0 Å². The fourth-order valence-corrected chi connectivity index (χ4v) is 6.81. The third-order valence-corrected chi connectivity index (χ3v) is 9.22. The number of fused-ring (bicyclic) bond motifs is 2. The van der Waals surface area contributed by atoms with Gasteiger partial charge in [-0.1, -0.05) is 109 Å². The quantitative estimate of drug-likeness (QED) is 0.176. The summed E-state index contributed by atoms with van der Waals surface area (Å²) >= 11 is 0. The lowest BCUT2D eigenvalue weighted by Gasteiger charge is -2.28. The second-order valence-corrected chi connectivity index (χ2v) is 12.4. The van der Waals surface area contributed by atoms with E-state index < -0.39 is 0 Å². The second-order valence-electron chi connectivity index (χ2n) is 12.4. The van der Waals surface area contributed by atoms with Crippen molar-refractivity contribution in [1.82, 2.24) is 0 Å². The van der Waals surface area contributed by atoms with E-state index in [9.17, 15) is 0 Å². The van der Waals surface area contributed by atoms with Crippen LogP contribution in [0.2, 0.25) is 0 Å². The summed E-state index contributed by atoms with van der Waals surface area (Å²) in [5.41, 5.74) is 11.7. The first kappa shape index (κ1) is 29.3. The van der Waals surface area contributed by atoms with Crippen molar-refractivity contribution in [2.45, 2.75) is 13.8 Å². The van der Waals surface area contributed by atoms with Crippen LogP contribution < -0.4 is 9.80 Å². The van der Waals surface area contributed by atoms with E-state index in [-0.39, 0.29) is 0 Å². The van der Waals surface area contributed by atoms with Crippen molar-refractivity contribution in [3.05, 3.63) is 193 Å². The number of para-hydroxylation sites is 2. The summed E-state index contributed by atoms with van der Waals surface area (Å²) in [6, 6.07) is 65.5. The summed E-state index contributed by atoms with van der Waals surface area (Å²) in [5.74, 6) is 0. The van der Waals surface area contributed by atoms with Gasteiger partial charge in [0.2, 0.25) is 0 Å². The largest absolute Gasteiger partial charge is 0.310 e. The maximum Gasteiger partial charge on any atom is 0.0491 e. The number of hydrogen-bond acceptors (Lipinski definition) is 2. The van der Waals surface area contributed by atoms with Crippen LogP contribution in [0.3, 0.4) is 0 Å². The first-order chi connectivity index (χ1) is 23.6. The molecule has 0 bridgehead atoms. The Morgan fingerprint density at radius 3 is 1.06 bits per heavy atom. The van der Waals surface area contributed by atoms with Crippen molar-refractivity contribution in [3.8, 4) is 11.1 Å². The van der Waals surface area contributed by atoms with Crippen molar-refractivity contribution in [2.24, 2.45) is 0 Å². The average molecular weight is 617 g/mol. The molecule has 0 fully saturated rings. The Morgan fingerprint density at radius 2 is 0.667 bits per heavy atom. The summed E-state index contributed by atoms with van der Waals surface area (Å²) in [4.78, 5) is 4.72. The smallest absolute Gasteiger partial charge is 0.0491 e. The molecule has 0 saturated carbocycles. The first-order valence-corrected chi connectivity index (χ1v) is 16.5. The van der Waals surface area contributed by atoms with E-state index in [2.05, 4.69) is 206 Å². The number of rotatable bonds is 7. The fraction of sp³-hybridized carbons (Fsp3) is 0.0435. The zero-order valence-electron chi connectivity index (χ0n) is 27.2. The summed E-state index contributed by atoms with van der Waals surface area (Å²) in [6.45, 7) is 4.43. The Morgan fingerprint density at radius 1 is 0.292 bits per heavy atom. The molecule has 0 aliphatic rings. The molecule has 2 nitrogen and oxygen atoms in total. The second kappa shape index (κ2) is 12.6. The zero-order chi connectivity index (χ0) is 32.5. The number of aryl methyl sites for hydroxylation is 2. The molecule has 0 N–H and O–H groups in total. The van der Waals surface area contributed by atoms with Crippen molar-refractivity contribution < 1.29 is 0 Å². The number of hydrogen-bond donors (Lipinski definition) is 0. The van der Waals surface area contributed by atoms with Gasteiger partial charge in [0.1, 0.15) is 0 Å². The van der Waals surface area contributed by atoms with Gasteiger partial charge < -0.3 is 9.80 Å². The van der Waals surface area contributed by atoms with Crippen LogP contribution in [0, 0.1) is 13.8 Å². The average Bonchev–Trinajstić information content (AvgIpc) is 3.14. The molecule has 0 aromatic heterocycles. The summed E-state index contributed by atoms with van der Waals surface area (Å²) in [7, 11) is 0. The topological polar surface area (TPSA) is 6.48 Å². The van der Waals surface area contributed by atoms with Gasteiger partial charge in [-0.3, -0.25) is 0 Å². The molecule has 0 radical (unpaired) electrons. The van der Waals surface area contributed by atoms with Gasteiger partial charge in [0.25, 0.3) is 0 Å². The van der Waals surface area contributed by atoms with Crippen molar-refractivity contribution >= 4 is 55.7 Å². The standard InChI is InChI=1S/C46H36N2/c1-33-29-39(23-27-45(33)47(41-17-5-3-6-18-41)43-25-21-35-13-9-11-15-37(35)31-43)40-24-28-46(34(2)30-40)48(42-19-7-4-8-20-42)44-26-22-36-14-10-12-16-38(36)32-44/h3-32H,1-2H3. The van der Waals surface area contributed by atoms with Crippen LogP contribution in [-0.2, 0) is 0 Å². The summed E-state index contributed by atoms with van der Waals surface area (Å²) < 4.78 is 0. The highest BCUT2D eigenvalue weighted by atomic mass is 15.1. The predicted molar refractivity (Wildman–Crippen MR) is 206 cm³/mol.